The van der Waals surface area contributed by atoms with E-state index in [1.807, 2.05) is 7.05 Å². The fraction of sp³-hybridized carbons (Fsp3) is 0.733. The molecule has 0 aromatic carbocycles. The second-order valence-corrected chi connectivity index (χ2v) is 5.77. The van der Waals surface area contributed by atoms with Crippen molar-refractivity contribution < 1.29 is 0 Å². The number of aromatic nitrogens is 2. The van der Waals surface area contributed by atoms with Gasteiger partial charge in [0.15, 0.2) is 0 Å². The van der Waals surface area contributed by atoms with Crippen LogP contribution in [0.5, 0.6) is 0 Å². The van der Waals surface area contributed by atoms with Gasteiger partial charge < -0.3 is 10.2 Å². The number of nitrogens with one attached hydrogen (secondary N) is 1. The minimum atomic E-state index is 0.421. The van der Waals surface area contributed by atoms with Crippen molar-refractivity contribution in [3.05, 3.63) is 11.9 Å². The Kier molecular flexibility index (Phi) is 4.61. The lowest BCUT2D eigenvalue weighted by Crippen LogP contribution is -2.35. The first-order valence-corrected chi connectivity index (χ1v) is 7.40. The molecular weight excluding hydrogens is 236 g/mol. The zero-order valence-electron chi connectivity index (χ0n) is 12.6. The van der Waals surface area contributed by atoms with Crippen LogP contribution in [-0.2, 0) is 0 Å². The summed E-state index contributed by atoms with van der Waals surface area (Å²) < 4.78 is 0. The Labute approximate surface area is 116 Å². The molecule has 0 bridgehead atoms. The average molecular weight is 262 g/mol. The molecule has 19 heavy (non-hydrogen) atoms. The highest BCUT2D eigenvalue weighted by Crippen LogP contribution is 2.33. The van der Waals surface area contributed by atoms with Gasteiger partial charge in [-0.2, -0.15) is 0 Å². The Morgan fingerprint density at radius 3 is 2.47 bits per heavy atom. The third kappa shape index (κ3) is 2.99. The predicted molar refractivity (Wildman–Crippen MR) is 80.9 cm³/mol. The van der Waals surface area contributed by atoms with Crippen LogP contribution in [-0.4, -0.2) is 30.1 Å². The molecule has 4 heteroatoms. The van der Waals surface area contributed by atoms with E-state index < -0.39 is 0 Å². The Morgan fingerprint density at radius 1 is 1.21 bits per heavy atom. The molecule has 1 aliphatic rings. The largest absolute Gasteiger partial charge is 0.373 e. The maximum absolute atomic E-state index is 4.56. The number of nitrogens with zero attached hydrogens (tertiary/aromatic N) is 3. The third-order valence-corrected chi connectivity index (χ3v) is 4.13. The number of hydrogen-bond acceptors (Lipinski definition) is 4. The molecule has 0 radical (unpaired) electrons. The summed E-state index contributed by atoms with van der Waals surface area (Å²) >= 11 is 0. The van der Waals surface area contributed by atoms with Gasteiger partial charge in [-0.3, -0.25) is 0 Å². The summed E-state index contributed by atoms with van der Waals surface area (Å²) in [6, 6.07) is 0.630. The van der Waals surface area contributed by atoms with E-state index in [9.17, 15) is 0 Å². The first-order valence-electron chi connectivity index (χ1n) is 7.40. The number of rotatable bonds is 4. The van der Waals surface area contributed by atoms with E-state index in [1.54, 1.807) is 6.33 Å². The average Bonchev–Trinajstić information content (AvgIpc) is 2.46. The number of hydrogen-bond donors (Lipinski definition) is 1. The van der Waals surface area contributed by atoms with Crippen molar-refractivity contribution in [2.24, 2.45) is 0 Å². The molecule has 1 aromatic rings. The summed E-state index contributed by atoms with van der Waals surface area (Å²) in [7, 11) is 4.11. The highest BCUT2D eigenvalue weighted by molar-refractivity contribution is 5.60. The third-order valence-electron chi connectivity index (χ3n) is 4.13. The van der Waals surface area contributed by atoms with Crippen LogP contribution in [0.1, 0.15) is 57.4 Å². The summed E-state index contributed by atoms with van der Waals surface area (Å²) in [4.78, 5) is 11.3. The molecule has 0 aliphatic heterocycles. The molecule has 1 aromatic heterocycles. The van der Waals surface area contributed by atoms with E-state index in [4.69, 9.17) is 0 Å². The van der Waals surface area contributed by atoms with Gasteiger partial charge in [0.1, 0.15) is 18.0 Å². The van der Waals surface area contributed by atoms with Gasteiger partial charge in [0.05, 0.1) is 0 Å². The normalized spacial score (nSPS) is 16.7. The van der Waals surface area contributed by atoms with Crippen molar-refractivity contribution >= 4 is 11.6 Å². The quantitative estimate of drug-likeness (QED) is 0.903. The van der Waals surface area contributed by atoms with Crippen LogP contribution < -0.4 is 10.2 Å². The molecule has 2 rings (SSSR count). The van der Waals surface area contributed by atoms with Crippen LogP contribution in [0.3, 0.4) is 0 Å². The summed E-state index contributed by atoms with van der Waals surface area (Å²) in [5.41, 5.74) is 1.23. The predicted octanol–water partition coefficient (Wildman–Crippen LogP) is 3.41. The van der Waals surface area contributed by atoms with Gasteiger partial charge in [-0.25, -0.2) is 9.97 Å². The minimum absolute atomic E-state index is 0.421. The van der Waals surface area contributed by atoms with Gasteiger partial charge in [0, 0.05) is 25.7 Å². The zero-order chi connectivity index (χ0) is 13.8. The molecule has 4 nitrogen and oxygen atoms in total. The molecule has 0 unspecified atom stereocenters. The van der Waals surface area contributed by atoms with E-state index in [-0.39, 0.29) is 0 Å². The van der Waals surface area contributed by atoms with Gasteiger partial charge in [-0.1, -0.05) is 33.1 Å². The Hall–Kier alpha value is -1.32. The summed E-state index contributed by atoms with van der Waals surface area (Å²) in [6.45, 7) is 4.41. The van der Waals surface area contributed by atoms with Crippen LogP contribution in [0.25, 0.3) is 0 Å². The standard InChI is InChI=1S/C15H26N4/c1-11(2)13-14(16-3)17-10-18-15(13)19(4)12-8-6-5-7-9-12/h10-12H,5-9H2,1-4H3,(H,16,17,18). The van der Waals surface area contributed by atoms with E-state index in [0.29, 0.717) is 12.0 Å². The van der Waals surface area contributed by atoms with Crippen LogP contribution in [0.15, 0.2) is 6.33 Å². The van der Waals surface area contributed by atoms with Crippen LogP contribution >= 0.6 is 0 Å². The van der Waals surface area contributed by atoms with Crippen LogP contribution in [0.4, 0.5) is 11.6 Å². The van der Waals surface area contributed by atoms with Crippen molar-refractivity contribution in [3.63, 3.8) is 0 Å². The number of anilines is 2. The second kappa shape index (κ2) is 6.22. The van der Waals surface area contributed by atoms with Crippen LogP contribution in [0.2, 0.25) is 0 Å². The molecule has 1 fully saturated rings. The molecule has 1 heterocycles. The topological polar surface area (TPSA) is 41.1 Å². The highest BCUT2D eigenvalue weighted by Gasteiger charge is 2.23. The van der Waals surface area contributed by atoms with Crippen LogP contribution in [0, 0.1) is 0 Å². The Balaban J connectivity index is 2.32. The highest BCUT2D eigenvalue weighted by atomic mass is 15.2. The van der Waals surface area contributed by atoms with Crippen molar-refractivity contribution in [2.45, 2.75) is 57.9 Å². The molecule has 1 saturated carbocycles. The first kappa shape index (κ1) is 14.1. The van der Waals surface area contributed by atoms with Gasteiger partial charge in [0.2, 0.25) is 0 Å². The van der Waals surface area contributed by atoms with Gasteiger partial charge in [0.25, 0.3) is 0 Å². The molecule has 0 amide bonds. The minimum Gasteiger partial charge on any atom is -0.373 e. The van der Waals surface area contributed by atoms with Gasteiger partial charge >= 0.3 is 0 Å². The van der Waals surface area contributed by atoms with E-state index in [2.05, 4.69) is 41.1 Å². The summed E-state index contributed by atoms with van der Waals surface area (Å²) in [6.07, 6.45) is 8.31. The molecule has 1 N–H and O–H groups in total. The smallest absolute Gasteiger partial charge is 0.137 e. The maximum Gasteiger partial charge on any atom is 0.137 e. The van der Waals surface area contributed by atoms with Gasteiger partial charge in [-0.05, 0) is 18.8 Å². The molecule has 1 aliphatic carbocycles. The lowest BCUT2D eigenvalue weighted by molar-refractivity contribution is 0.425. The molecule has 0 saturated heterocycles. The molecular formula is C15H26N4. The van der Waals surface area contributed by atoms with Crippen molar-refractivity contribution in [1.29, 1.82) is 0 Å². The van der Waals surface area contributed by atoms with E-state index in [1.165, 1.54) is 37.7 Å². The van der Waals surface area contributed by atoms with Gasteiger partial charge in [-0.15, -0.1) is 0 Å². The molecule has 106 valence electrons. The second-order valence-electron chi connectivity index (χ2n) is 5.77. The zero-order valence-corrected chi connectivity index (χ0v) is 12.6. The lowest BCUT2D eigenvalue weighted by Gasteiger charge is -2.34. The fourth-order valence-corrected chi connectivity index (χ4v) is 3.04. The van der Waals surface area contributed by atoms with Crippen molar-refractivity contribution in [3.8, 4) is 0 Å². The van der Waals surface area contributed by atoms with E-state index >= 15 is 0 Å². The van der Waals surface area contributed by atoms with E-state index in [0.717, 1.165) is 11.6 Å². The monoisotopic (exact) mass is 262 g/mol. The molecule has 0 atom stereocenters. The summed E-state index contributed by atoms with van der Waals surface area (Å²) in [5.74, 6) is 2.48. The van der Waals surface area contributed by atoms with Crippen molar-refractivity contribution in [1.82, 2.24) is 9.97 Å². The lowest BCUT2D eigenvalue weighted by atomic mass is 9.93. The van der Waals surface area contributed by atoms with Crippen molar-refractivity contribution in [2.75, 3.05) is 24.3 Å². The molecule has 0 spiro atoms. The Bertz CT molecular complexity index is 411. The summed E-state index contributed by atoms with van der Waals surface area (Å²) in [5, 5.41) is 3.20. The first-order chi connectivity index (χ1) is 9.15. The fourth-order valence-electron chi connectivity index (χ4n) is 3.04. The SMILES string of the molecule is CNc1ncnc(N(C)C2CCCCC2)c1C(C)C. The Morgan fingerprint density at radius 2 is 1.89 bits per heavy atom. The maximum atomic E-state index is 4.56.